The summed E-state index contributed by atoms with van der Waals surface area (Å²) in [5.41, 5.74) is 1.20. The fourth-order valence-corrected chi connectivity index (χ4v) is 2.95. The average molecular weight is 476 g/mol. The Bertz CT molecular complexity index is 556. The first-order chi connectivity index (χ1) is 12.2. The number of anilines is 1. The van der Waals surface area contributed by atoms with Gasteiger partial charge < -0.3 is 25.4 Å². The molecule has 1 aromatic carbocycles. The number of benzene rings is 1. The van der Waals surface area contributed by atoms with Crippen LogP contribution in [0.1, 0.15) is 26.7 Å². The zero-order valence-corrected chi connectivity index (χ0v) is 18.4. The molecule has 0 radical (unpaired) electrons. The Kier molecular flexibility index (Phi) is 10.7. The molecule has 0 saturated carbocycles. The highest BCUT2D eigenvalue weighted by Gasteiger charge is 2.21. The molecule has 148 valence electrons. The van der Waals surface area contributed by atoms with Crippen LogP contribution in [0.15, 0.2) is 29.3 Å². The molecule has 0 aromatic heterocycles. The van der Waals surface area contributed by atoms with Crippen molar-refractivity contribution in [1.82, 2.24) is 10.6 Å². The maximum absolute atomic E-state index is 9.18. The highest BCUT2D eigenvalue weighted by atomic mass is 127. The van der Waals surface area contributed by atoms with Gasteiger partial charge in [0.15, 0.2) is 5.96 Å². The van der Waals surface area contributed by atoms with Gasteiger partial charge in [0, 0.05) is 50.6 Å². The summed E-state index contributed by atoms with van der Waals surface area (Å²) in [4.78, 5) is 6.99. The summed E-state index contributed by atoms with van der Waals surface area (Å²) in [6.45, 7) is 7.67. The smallest absolute Gasteiger partial charge is 0.191 e. The van der Waals surface area contributed by atoms with Crippen molar-refractivity contribution >= 4 is 35.6 Å². The number of hydrogen-bond donors (Lipinski definition) is 3. The number of nitrogens with one attached hydrogen (secondary N) is 2. The summed E-state index contributed by atoms with van der Waals surface area (Å²) in [6, 6.07) is 8.58. The number of nitrogens with zero attached hydrogens (tertiary/aromatic N) is 2. The van der Waals surface area contributed by atoms with Crippen LogP contribution in [-0.4, -0.2) is 57.0 Å². The van der Waals surface area contributed by atoms with Crippen molar-refractivity contribution in [2.75, 3.05) is 44.8 Å². The molecule has 1 heterocycles. The first-order valence-electron chi connectivity index (χ1n) is 9.21. The average Bonchev–Trinajstić information content (AvgIpc) is 2.66. The number of ether oxygens (including phenoxy) is 1. The highest BCUT2D eigenvalue weighted by Crippen LogP contribution is 2.24. The molecular formula is C19H33IN4O2. The second-order valence-electron chi connectivity index (χ2n) is 6.64. The van der Waals surface area contributed by atoms with Crippen LogP contribution in [0.3, 0.4) is 0 Å². The zero-order chi connectivity index (χ0) is 18.1. The molecule has 1 saturated heterocycles. The van der Waals surface area contributed by atoms with Gasteiger partial charge in [0.05, 0.1) is 7.11 Å². The zero-order valence-electron chi connectivity index (χ0n) is 16.1. The summed E-state index contributed by atoms with van der Waals surface area (Å²) in [5, 5.41) is 16.0. The Labute approximate surface area is 174 Å². The van der Waals surface area contributed by atoms with Gasteiger partial charge in [-0.2, -0.15) is 0 Å². The van der Waals surface area contributed by atoms with Crippen LogP contribution in [0.2, 0.25) is 0 Å². The SMILES string of the molecule is CCNC(=NCC(C)CO)NC1CCCN(c2cccc(OC)c2)C1.I. The van der Waals surface area contributed by atoms with E-state index in [4.69, 9.17) is 4.74 Å². The third-order valence-electron chi connectivity index (χ3n) is 4.40. The van der Waals surface area contributed by atoms with Gasteiger partial charge in [-0.25, -0.2) is 0 Å². The summed E-state index contributed by atoms with van der Waals surface area (Å²) in [7, 11) is 1.70. The van der Waals surface area contributed by atoms with Crippen molar-refractivity contribution in [2.24, 2.45) is 10.9 Å². The first-order valence-corrected chi connectivity index (χ1v) is 9.21. The van der Waals surface area contributed by atoms with Crippen molar-refractivity contribution in [1.29, 1.82) is 0 Å². The van der Waals surface area contributed by atoms with Crippen LogP contribution in [0.25, 0.3) is 0 Å². The molecule has 6 nitrogen and oxygen atoms in total. The number of aliphatic hydroxyl groups excluding tert-OH is 1. The Balaban J connectivity index is 0.00000338. The molecular weight excluding hydrogens is 443 g/mol. The fourth-order valence-electron chi connectivity index (χ4n) is 2.95. The van der Waals surface area contributed by atoms with Gasteiger partial charge in [-0.15, -0.1) is 24.0 Å². The predicted molar refractivity (Wildman–Crippen MR) is 119 cm³/mol. The van der Waals surface area contributed by atoms with Gasteiger partial charge >= 0.3 is 0 Å². The predicted octanol–water partition coefficient (Wildman–Crippen LogP) is 2.47. The lowest BCUT2D eigenvalue weighted by molar-refractivity contribution is 0.241. The lowest BCUT2D eigenvalue weighted by Crippen LogP contribution is -2.51. The molecule has 0 amide bonds. The molecule has 2 unspecified atom stereocenters. The fraction of sp³-hybridized carbons (Fsp3) is 0.632. The molecule has 1 fully saturated rings. The summed E-state index contributed by atoms with van der Waals surface area (Å²) < 4.78 is 5.34. The summed E-state index contributed by atoms with van der Waals surface area (Å²) in [6.07, 6.45) is 2.27. The number of piperidine rings is 1. The summed E-state index contributed by atoms with van der Waals surface area (Å²) in [5.74, 6) is 1.90. The van der Waals surface area contributed by atoms with Crippen molar-refractivity contribution in [3.63, 3.8) is 0 Å². The van der Waals surface area contributed by atoms with Crippen LogP contribution < -0.4 is 20.3 Å². The van der Waals surface area contributed by atoms with E-state index in [1.807, 2.05) is 19.1 Å². The van der Waals surface area contributed by atoms with E-state index in [-0.39, 0.29) is 36.5 Å². The Morgan fingerprint density at radius 3 is 2.96 bits per heavy atom. The normalized spacial score (nSPS) is 18.7. The molecule has 2 rings (SSSR count). The standard InChI is InChI=1S/C19H32N4O2.HI/c1-4-20-19(21-12-15(2)14-24)22-16-7-6-10-23(13-16)17-8-5-9-18(11-17)25-3;/h5,8-9,11,15-16,24H,4,6-7,10,12-14H2,1-3H3,(H2,20,21,22);1H. The molecule has 1 aromatic rings. The third kappa shape index (κ3) is 7.19. The molecule has 1 aliphatic rings. The van der Waals surface area contributed by atoms with Crippen molar-refractivity contribution in [2.45, 2.75) is 32.7 Å². The van der Waals surface area contributed by atoms with Crippen molar-refractivity contribution < 1.29 is 9.84 Å². The topological polar surface area (TPSA) is 69.1 Å². The van der Waals surface area contributed by atoms with Crippen molar-refractivity contribution in [3.05, 3.63) is 24.3 Å². The lowest BCUT2D eigenvalue weighted by atomic mass is 10.0. The Hall–Kier alpha value is -1.22. The number of guanidine groups is 1. The first kappa shape index (κ1) is 22.8. The van der Waals surface area contributed by atoms with Crippen LogP contribution in [-0.2, 0) is 0 Å². The van der Waals surface area contributed by atoms with Gasteiger partial charge in [-0.05, 0) is 37.8 Å². The van der Waals surface area contributed by atoms with Crippen LogP contribution >= 0.6 is 24.0 Å². The largest absolute Gasteiger partial charge is 0.497 e. The molecule has 26 heavy (non-hydrogen) atoms. The molecule has 7 heteroatoms. The number of aliphatic hydroxyl groups is 1. The van der Waals surface area contributed by atoms with E-state index in [1.165, 1.54) is 5.69 Å². The van der Waals surface area contributed by atoms with E-state index in [0.717, 1.165) is 44.2 Å². The van der Waals surface area contributed by atoms with Crippen LogP contribution in [0.4, 0.5) is 5.69 Å². The number of halogens is 1. The maximum Gasteiger partial charge on any atom is 0.191 e. The maximum atomic E-state index is 9.18. The summed E-state index contributed by atoms with van der Waals surface area (Å²) >= 11 is 0. The van der Waals surface area contributed by atoms with E-state index in [0.29, 0.717) is 12.6 Å². The molecule has 0 aliphatic carbocycles. The number of hydrogen-bond acceptors (Lipinski definition) is 4. The van der Waals surface area contributed by atoms with E-state index >= 15 is 0 Å². The molecule has 1 aliphatic heterocycles. The van der Waals surface area contributed by atoms with Crippen LogP contribution in [0, 0.1) is 5.92 Å². The van der Waals surface area contributed by atoms with E-state index < -0.39 is 0 Å². The quantitative estimate of drug-likeness (QED) is 0.321. The molecule has 3 N–H and O–H groups in total. The van der Waals surface area contributed by atoms with E-state index in [2.05, 4.69) is 39.6 Å². The monoisotopic (exact) mass is 476 g/mol. The minimum absolute atomic E-state index is 0. The second-order valence-corrected chi connectivity index (χ2v) is 6.64. The van der Waals surface area contributed by atoms with Gasteiger partial charge in [-0.1, -0.05) is 13.0 Å². The molecule has 2 atom stereocenters. The Morgan fingerprint density at radius 1 is 1.46 bits per heavy atom. The van der Waals surface area contributed by atoms with Crippen molar-refractivity contribution in [3.8, 4) is 5.75 Å². The van der Waals surface area contributed by atoms with E-state index in [9.17, 15) is 5.11 Å². The minimum atomic E-state index is 0. The third-order valence-corrected chi connectivity index (χ3v) is 4.40. The van der Waals surface area contributed by atoms with Gasteiger partial charge in [0.2, 0.25) is 0 Å². The highest BCUT2D eigenvalue weighted by molar-refractivity contribution is 14.0. The van der Waals surface area contributed by atoms with Crippen LogP contribution in [0.5, 0.6) is 5.75 Å². The lowest BCUT2D eigenvalue weighted by Gasteiger charge is -2.35. The number of methoxy groups -OCH3 is 1. The Morgan fingerprint density at radius 2 is 2.27 bits per heavy atom. The van der Waals surface area contributed by atoms with Gasteiger partial charge in [-0.3, -0.25) is 4.99 Å². The van der Waals surface area contributed by atoms with Gasteiger partial charge in [0.25, 0.3) is 0 Å². The number of aliphatic imine (C=N–C) groups is 1. The minimum Gasteiger partial charge on any atom is -0.497 e. The second kappa shape index (κ2) is 12.2. The molecule has 0 spiro atoms. The van der Waals surface area contributed by atoms with E-state index in [1.54, 1.807) is 7.11 Å². The van der Waals surface area contributed by atoms with Gasteiger partial charge in [0.1, 0.15) is 5.75 Å². The molecule has 0 bridgehead atoms. The number of rotatable bonds is 7.